The molecule has 0 aliphatic carbocycles. The summed E-state index contributed by atoms with van der Waals surface area (Å²) in [6.07, 6.45) is 2.02. The molecule has 0 aromatic rings. The van der Waals surface area contributed by atoms with Crippen LogP contribution in [0.5, 0.6) is 0 Å². The molecule has 14 heavy (non-hydrogen) atoms. The first-order valence-corrected chi connectivity index (χ1v) is 5.54. The van der Waals surface area contributed by atoms with Crippen molar-refractivity contribution in [2.75, 3.05) is 6.61 Å². The molecule has 2 nitrogen and oxygen atoms in total. The van der Waals surface area contributed by atoms with Crippen LogP contribution in [0.4, 0.5) is 0 Å². The highest BCUT2D eigenvalue weighted by atomic mass is 16.6. The van der Waals surface area contributed by atoms with Crippen molar-refractivity contribution < 1.29 is 4.84 Å². The predicted octanol–water partition coefficient (Wildman–Crippen LogP) is 3.01. The molecule has 2 heteroatoms. The van der Waals surface area contributed by atoms with Crippen LogP contribution in [0.2, 0.25) is 0 Å². The van der Waals surface area contributed by atoms with Gasteiger partial charge in [-0.3, -0.25) is 0 Å². The van der Waals surface area contributed by atoms with E-state index in [0.29, 0.717) is 30.4 Å². The summed E-state index contributed by atoms with van der Waals surface area (Å²) in [6.45, 7) is 15.4. The summed E-state index contributed by atoms with van der Waals surface area (Å²) in [5.74, 6) is 1.75. The Kier molecular flexibility index (Phi) is 6.85. The molecule has 0 amide bonds. The lowest BCUT2D eigenvalue weighted by Gasteiger charge is -2.29. The second kappa shape index (κ2) is 7.02. The number of nitrogens with one attached hydrogen (secondary N) is 1. The molecule has 1 N–H and O–H groups in total. The third-order valence-corrected chi connectivity index (χ3v) is 3.23. The van der Waals surface area contributed by atoms with Gasteiger partial charge in [-0.05, 0) is 31.6 Å². The molecule has 0 aliphatic rings. The number of hydrogen-bond donors (Lipinski definition) is 1. The lowest BCUT2D eigenvalue weighted by atomic mass is 9.81. The fraction of sp³-hybridized carbons (Fsp3) is 0.833. The summed E-state index contributed by atoms with van der Waals surface area (Å²) in [6, 6.07) is 0.382. The Morgan fingerprint density at radius 2 is 1.79 bits per heavy atom. The van der Waals surface area contributed by atoms with E-state index < -0.39 is 0 Å². The molecule has 0 heterocycles. The topological polar surface area (TPSA) is 21.3 Å². The zero-order chi connectivity index (χ0) is 11.1. The third-order valence-electron chi connectivity index (χ3n) is 3.23. The van der Waals surface area contributed by atoms with Gasteiger partial charge in [0.15, 0.2) is 0 Å². The molecule has 0 aromatic carbocycles. The van der Waals surface area contributed by atoms with Crippen molar-refractivity contribution >= 4 is 0 Å². The van der Waals surface area contributed by atoms with Crippen LogP contribution in [0.15, 0.2) is 12.7 Å². The molecule has 0 saturated carbocycles. The zero-order valence-electron chi connectivity index (χ0n) is 10.2. The highest BCUT2D eigenvalue weighted by Crippen LogP contribution is 2.23. The molecule has 84 valence electrons. The van der Waals surface area contributed by atoms with E-state index in [1.165, 1.54) is 0 Å². The molecule has 0 fully saturated rings. The smallest absolute Gasteiger partial charge is 0.0654 e. The van der Waals surface area contributed by atoms with Gasteiger partial charge in [0, 0.05) is 6.04 Å². The number of hydroxylamine groups is 1. The average Bonchev–Trinajstić information content (AvgIpc) is 2.22. The van der Waals surface area contributed by atoms with Crippen LogP contribution in [0.3, 0.4) is 0 Å². The Labute approximate surface area is 88.7 Å². The van der Waals surface area contributed by atoms with E-state index >= 15 is 0 Å². The van der Waals surface area contributed by atoms with Gasteiger partial charge < -0.3 is 4.84 Å². The minimum atomic E-state index is 0.382. The highest BCUT2D eigenvalue weighted by molar-refractivity contribution is 4.84. The summed E-state index contributed by atoms with van der Waals surface area (Å²) in [4.78, 5) is 5.20. The minimum Gasteiger partial charge on any atom is -0.302 e. The van der Waals surface area contributed by atoms with Gasteiger partial charge in [-0.2, -0.15) is 5.48 Å². The largest absolute Gasteiger partial charge is 0.302 e. The number of hydrogen-bond acceptors (Lipinski definition) is 2. The van der Waals surface area contributed by atoms with E-state index in [4.69, 9.17) is 4.84 Å². The second-order valence-corrected chi connectivity index (χ2v) is 4.15. The van der Waals surface area contributed by atoms with E-state index in [1.807, 2.05) is 13.0 Å². The quantitative estimate of drug-likeness (QED) is 0.503. The molecular formula is C12H25NO. The van der Waals surface area contributed by atoms with E-state index in [0.717, 1.165) is 0 Å². The first-order valence-electron chi connectivity index (χ1n) is 5.54. The fourth-order valence-electron chi connectivity index (χ4n) is 1.47. The maximum absolute atomic E-state index is 5.20. The SMILES string of the molecule is C=CC(C)[C@H](C)[C@@H](C)[C@H](C)NOCC. The maximum Gasteiger partial charge on any atom is 0.0654 e. The van der Waals surface area contributed by atoms with Gasteiger partial charge in [0.1, 0.15) is 0 Å². The summed E-state index contributed by atoms with van der Waals surface area (Å²) in [5, 5.41) is 0. The van der Waals surface area contributed by atoms with Gasteiger partial charge >= 0.3 is 0 Å². The summed E-state index contributed by atoms with van der Waals surface area (Å²) < 4.78 is 0. The number of allylic oxidation sites excluding steroid dienone is 1. The lowest BCUT2D eigenvalue weighted by molar-refractivity contribution is 0.00694. The first kappa shape index (κ1) is 13.7. The average molecular weight is 199 g/mol. The molecule has 0 spiro atoms. The normalized spacial score (nSPS) is 19.8. The standard InChI is InChI=1S/C12H25NO/c1-7-9(3)10(4)11(5)12(6)13-14-8-2/h7,9-13H,1,8H2,2-6H3/t9?,10-,11+,12-/m0/s1. The van der Waals surface area contributed by atoms with Crippen LogP contribution in [0.1, 0.15) is 34.6 Å². The Morgan fingerprint density at radius 1 is 1.21 bits per heavy atom. The Hall–Kier alpha value is -0.340. The van der Waals surface area contributed by atoms with Crippen LogP contribution in [0.25, 0.3) is 0 Å². The molecule has 0 aliphatic heterocycles. The molecule has 0 rings (SSSR count). The maximum atomic E-state index is 5.20. The number of rotatable bonds is 7. The van der Waals surface area contributed by atoms with Crippen molar-refractivity contribution in [3.8, 4) is 0 Å². The minimum absolute atomic E-state index is 0.382. The van der Waals surface area contributed by atoms with Crippen LogP contribution in [0, 0.1) is 17.8 Å². The van der Waals surface area contributed by atoms with E-state index in [9.17, 15) is 0 Å². The van der Waals surface area contributed by atoms with Gasteiger partial charge in [0.25, 0.3) is 0 Å². The first-order chi connectivity index (χ1) is 6.54. The molecule has 0 aromatic heterocycles. The van der Waals surface area contributed by atoms with E-state index in [-0.39, 0.29) is 0 Å². The third kappa shape index (κ3) is 4.25. The molecular weight excluding hydrogens is 174 g/mol. The van der Waals surface area contributed by atoms with Crippen LogP contribution < -0.4 is 5.48 Å². The van der Waals surface area contributed by atoms with Crippen LogP contribution >= 0.6 is 0 Å². The second-order valence-electron chi connectivity index (χ2n) is 4.15. The van der Waals surface area contributed by atoms with Crippen LogP contribution in [-0.4, -0.2) is 12.6 Å². The molecule has 0 radical (unpaired) electrons. The highest BCUT2D eigenvalue weighted by Gasteiger charge is 2.22. The Balaban J connectivity index is 4.02. The molecule has 1 unspecified atom stereocenters. The van der Waals surface area contributed by atoms with Gasteiger partial charge in [-0.1, -0.05) is 26.8 Å². The van der Waals surface area contributed by atoms with Gasteiger partial charge in [-0.25, -0.2) is 0 Å². The van der Waals surface area contributed by atoms with Crippen molar-refractivity contribution in [2.45, 2.75) is 40.7 Å². The molecule has 4 atom stereocenters. The van der Waals surface area contributed by atoms with Gasteiger partial charge in [0.05, 0.1) is 6.61 Å². The predicted molar refractivity (Wildman–Crippen MR) is 61.9 cm³/mol. The van der Waals surface area contributed by atoms with Crippen molar-refractivity contribution in [1.29, 1.82) is 0 Å². The van der Waals surface area contributed by atoms with E-state index in [1.54, 1.807) is 0 Å². The van der Waals surface area contributed by atoms with Crippen molar-refractivity contribution in [3.63, 3.8) is 0 Å². The van der Waals surface area contributed by atoms with Crippen molar-refractivity contribution in [1.82, 2.24) is 5.48 Å². The molecule has 0 saturated heterocycles. The van der Waals surface area contributed by atoms with Crippen molar-refractivity contribution in [2.24, 2.45) is 17.8 Å². The Bertz CT molecular complexity index is 158. The van der Waals surface area contributed by atoms with E-state index in [2.05, 4.69) is 39.8 Å². The Morgan fingerprint density at radius 3 is 2.21 bits per heavy atom. The molecule has 0 bridgehead atoms. The summed E-state index contributed by atoms with van der Waals surface area (Å²) in [5.41, 5.74) is 3.06. The van der Waals surface area contributed by atoms with Crippen molar-refractivity contribution in [3.05, 3.63) is 12.7 Å². The fourth-order valence-corrected chi connectivity index (χ4v) is 1.47. The van der Waals surface area contributed by atoms with Gasteiger partial charge in [0.2, 0.25) is 0 Å². The van der Waals surface area contributed by atoms with Gasteiger partial charge in [-0.15, -0.1) is 6.58 Å². The summed E-state index contributed by atoms with van der Waals surface area (Å²) in [7, 11) is 0. The van der Waals surface area contributed by atoms with Crippen LogP contribution in [-0.2, 0) is 4.84 Å². The zero-order valence-corrected chi connectivity index (χ0v) is 10.2. The summed E-state index contributed by atoms with van der Waals surface area (Å²) >= 11 is 0. The lowest BCUT2D eigenvalue weighted by Crippen LogP contribution is -2.36. The monoisotopic (exact) mass is 199 g/mol.